The molecule has 2 aromatic heterocycles. The summed E-state index contributed by atoms with van der Waals surface area (Å²) in [4.78, 5) is 0. The van der Waals surface area contributed by atoms with Gasteiger partial charge in [-0.2, -0.15) is 0 Å². The van der Waals surface area contributed by atoms with Crippen LogP contribution in [0.25, 0.3) is 55.7 Å². The largest absolute Gasteiger partial charge is 0.460 e. The van der Waals surface area contributed by atoms with E-state index in [4.69, 9.17) is 4.42 Å². The van der Waals surface area contributed by atoms with Crippen molar-refractivity contribution >= 4 is 38.9 Å². The molecule has 0 bridgehead atoms. The first kappa shape index (κ1) is 22.2. The molecule has 2 heterocycles. The van der Waals surface area contributed by atoms with Crippen LogP contribution < -0.4 is 0 Å². The molecule has 0 atom stereocenters. The summed E-state index contributed by atoms with van der Waals surface area (Å²) in [5, 5.41) is 3.79. The second-order valence-corrected chi connectivity index (χ2v) is 10.5. The molecule has 0 saturated heterocycles. The third-order valence-corrected chi connectivity index (χ3v) is 8.14. The van der Waals surface area contributed by atoms with Crippen molar-refractivity contribution in [1.29, 1.82) is 0 Å². The Kier molecular flexibility index (Phi) is 5.06. The summed E-state index contributed by atoms with van der Waals surface area (Å²) in [7, 11) is 0. The molecular weight excluding hydrogens is 474 g/mol. The summed E-state index contributed by atoms with van der Waals surface area (Å²) in [5.41, 5.74) is 11.2. The van der Waals surface area contributed by atoms with Gasteiger partial charge in [0.25, 0.3) is 0 Å². The molecule has 1 aliphatic rings. The van der Waals surface area contributed by atoms with Gasteiger partial charge in [0.15, 0.2) is 0 Å². The zero-order chi connectivity index (χ0) is 25.8. The molecule has 0 spiro atoms. The van der Waals surface area contributed by atoms with E-state index in [2.05, 4.69) is 126 Å². The lowest BCUT2D eigenvalue weighted by atomic mass is 9.91. The zero-order valence-electron chi connectivity index (χ0n) is 21.6. The Morgan fingerprint density at radius 1 is 0.590 bits per heavy atom. The summed E-state index contributed by atoms with van der Waals surface area (Å²) in [6.07, 6.45) is 5.36. The first-order chi connectivity index (χ1) is 19.3. The van der Waals surface area contributed by atoms with Crippen molar-refractivity contribution in [3.05, 3.63) is 144 Å². The molecule has 1 aliphatic carbocycles. The van der Waals surface area contributed by atoms with Gasteiger partial charge in [0.2, 0.25) is 0 Å². The fourth-order valence-electron chi connectivity index (χ4n) is 6.23. The second kappa shape index (κ2) is 8.89. The average Bonchev–Trinajstić information content (AvgIpc) is 3.53. The van der Waals surface area contributed by atoms with E-state index < -0.39 is 0 Å². The van der Waals surface area contributed by atoms with Gasteiger partial charge >= 0.3 is 0 Å². The number of nitrogens with zero attached hydrogens (tertiary/aromatic N) is 1. The van der Waals surface area contributed by atoms with E-state index in [0.29, 0.717) is 0 Å². The molecule has 0 aliphatic heterocycles. The minimum Gasteiger partial charge on any atom is -0.460 e. The highest BCUT2D eigenvalue weighted by Gasteiger charge is 2.18. The SMILES string of the molecule is C1=C(Cc2ccc(-c3ccc4c(c3)c3ccccc3n4-c3ccccc3)cc2)CCc2oc3ccccc3c21. The number of hydrogen-bond acceptors (Lipinski definition) is 1. The highest BCUT2D eigenvalue weighted by molar-refractivity contribution is 6.10. The van der Waals surface area contributed by atoms with Crippen molar-refractivity contribution in [3.63, 3.8) is 0 Å². The van der Waals surface area contributed by atoms with Gasteiger partial charge < -0.3 is 8.98 Å². The van der Waals surface area contributed by atoms with Crippen molar-refractivity contribution in [1.82, 2.24) is 4.57 Å². The molecular formula is C37H27NO. The van der Waals surface area contributed by atoms with Crippen LogP contribution in [0.5, 0.6) is 0 Å². The minimum absolute atomic E-state index is 0.975. The minimum atomic E-state index is 0.975. The number of benzene rings is 5. The molecule has 0 amide bonds. The molecule has 2 heteroatoms. The van der Waals surface area contributed by atoms with Gasteiger partial charge in [0.1, 0.15) is 11.3 Å². The standard InChI is InChI=1S/C37H27NO/c1-2-8-29(9-3-1)38-34-12-6-4-10-30(34)32-24-28(19-20-35(32)38)27-17-14-25(15-18-27)22-26-16-21-37-33(23-26)31-11-5-7-13-36(31)39-37/h1-15,17-20,23-24H,16,21-22H2. The van der Waals surface area contributed by atoms with Gasteiger partial charge in [-0.05, 0) is 65.9 Å². The molecule has 39 heavy (non-hydrogen) atoms. The van der Waals surface area contributed by atoms with E-state index in [-0.39, 0.29) is 0 Å². The topological polar surface area (TPSA) is 18.1 Å². The summed E-state index contributed by atoms with van der Waals surface area (Å²) in [6.45, 7) is 0. The maximum Gasteiger partial charge on any atom is 0.134 e. The highest BCUT2D eigenvalue weighted by Crippen LogP contribution is 2.36. The predicted molar refractivity (Wildman–Crippen MR) is 162 cm³/mol. The molecule has 0 saturated carbocycles. The van der Waals surface area contributed by atoms with Gasteiger partial charge in [0, 0.05) is 33.8 Å². The van der Waals surface area contributed by atoms with E-state index in [1.165, 1.54) is 60.7 Å². The summed E-state index contributed by atoms with van der Waals surface area (Å²) < 4.78 is 8.46. The van der Waals surface area contributed by atoms with Crippen LogP contribution in [0.15, 0.2) is 131 Å². The lowest BCUT2D eigenvalue weighted by Gasteiger charge is -2.13. The van der Waals surface area contributed by atoms with Crippen molar-refractivity contribution in [3.8, 4) is 16.8 Å². The van der Waals surface area contributed by atoms with Crippen molar-refractivity contribution in [2.45, 2.75) is 19.3 Å². The highest BCUT2D eigenvalue weighted by atomic mass is 16.3. The van der Waals surface area contributed by atoms with Crippen molar-refractivity contribution < 1.29 is 4.42 Å². The molecule has 2 nitrogen and oxygen atoms in total. The van der Waals surface area contributed by atoms with E-state index >= 15 is 0 Å². The monoisotopic (exact) mass is 501 g/mol. The Hall–Kier alpha value is -4.82. The maximum atomic E-state index is 6.09. The van der Waals surface area contributed by atoms with Crippen molar-refractivity contribution in [2.24, 2.45) is 0 Å². The predicted octanol–water partition coefficient (Wildman–Crippen LogP) is 9.77. The van der Waals surface area contributed by atoms with Gasteiger partial charge in [-0.25, -0.2) is 0 Å². The summed E-state index contributed by atoms with van der Waals surface area (Å²) >= 11 is 0. The van der Waals surface area contributed by atoms with Crippen LogP contribution in [0.1, 0.15) is 23.3 Å². The number of aryl methyl sites for hydroxylation is 1. The van der Waals surface area contributed by atoms with E-state index in [1.807, 2.05) is 6.07 Å². The van der Waals surface area contributed by atoms with E-state index in [0.717, 1.165) is 30.6 Å². The fourth-order valence-corrected chi connectivity index (χ4v) is 6.23. The smallest absolute Gasteiger partial charge is 0.134 e. The van der Waals surface area contributed by atoms with Gasteiger partial charge in [-0.3, -0.25) is 0 Å². The molecule has 0 N–H and O–H groups in total. The lowest BCUT2D eigenvalue weighted by Crippen LogP contribution is -1.99. The summed E-state index contributed by atoms with van der Waals surface area (Å²) in [5.74, 6) is 1.12. The second-order valence-electron chi connectivity index (χ2n) is 10.5. The number of para-hydroxylation sites is 3. The lowest BCUT2D eigenvalue weighted by molar-refractivity contribution is 0.542. The Labute approximate surface area is 227 Å². The van der Waals surface area contributed by atoms with Gasteiger partial charge in [-0.15, -0.1) is 0 Å². The van der Waals surface area contributed by atoms with Crippen LogP contribution in [-0.4, -0.2) is 4.57 Å². The van der Waals surface area contributed by atoms with Crippen molar-refractivity contribution in [2.75, 3.05) is 0 Å². The van der Waals surface area contributed by atoms with Gasteiger partial charge in [-0.1, -0.05) is 96.6 Å². The Balaban J connectivity index is 1.12. The first-order valence-corrected chi connectivity index (χ1v) is 13.7. The average molecular weight is 502 g/mol. The van der Waals surface area contributed by atoms with Crippen LogP contribution in [0.2, 0.25) is 0 Å². The Morgan fingerprint density at radius 3 is 2.18 bits per heavy atom. The first-order valence-electron chi connectivity index (χ1n) is 13.7. The molecule has 7 aromatic rings. The molecule has 8 rings (SSSR count). The molecule has 186 valence electrons. The Morgan fingerprint density at radius 2 is 1.31 bits per heavy atom. The van der Waals surface area contributed by atoms with Crippen LogP contribution in [-0.2, 0) is 12.8 Å². The number of aromatic nitrogens is 1. The number of fused-ring (bicyclic) bond motifs is 6. The van der Waals surface area contributed by atoms with Crippen LogP contribution in [0.3, 0.4) is 0 Å². The number of hydrogen-bond donors (Lipinski definition) is 0. The fraction of sp³-hybridized carbons (Fsp3) is 0.0811. The molecule has 0 fully saturated rings. The molecule has 0 unspecified atom stereocenters. The van der Waals surface area contributed by atoms with Crippen LogP contribution in [0.4, 0.5) is 0 Å². The van der Waals surface area contributed by atoms with E-state index in [1.54, 1.807) is 0 Å². The number of rotatable bonds is 4. The number of furan rings is 1. The Bertz CT molecular complexity index is 2020. The van der Waals surface area contributed by atoms with Gasteiger partial charge in [0.05, 0.1) is 11.0 Å². The van der Waals surface area contributed by atoms with Crippen LogP contribution >= 0.6 is 0 Å². The third kappa shape index (κ3) is 3.72. The maximum absolute atomic E-state index is 6.09. The summed E-state index contributed by atoms with van der Waals surface area (Å²) in [6, 6.07) is 43.7. The quantitative estimate of drug-likeness (QED) is 0.235. The third-order valence-electron chi connectivity index (χ3n) is 8.14. The molecule has 0 radical (unpaired) electrons. The molecule has 5 aromatic carbocycles. The zero-order valence-corrected chi connectivity index (χ0v) is 21.6. The normalized spacial score (nSPS) is 13.2. The number of allylic oxidation sites excluding steroid dienone is 1. The van der Waals surface area contributed by atoms with Crippen LogP contribution in [0, 0.1) is 0 Å². The van der Waals surface area contributed by atoms with E-state index in [9.17, 15) is 0 Å².